The van der Waals surface area contributed by atoms with E-state index in [1.54, 1.807) is 96.9 Å². The molecule has 30 heavy (non-hydrogen) atoms. The topological polar surface area (TPSA) is 150 Å². The molecule has 0 aliphatic rings. The molecule has 0 amide bonds. The summed E-state index contributed by atoms with van der Waals surface area (Å²) in [5, 5.41) is 60.8. The summed E-state index contributed by atoms with van der Waals surface area (Å²) < 4.78 is 0. The van der Waals surface area contributed by atoms with Crippen LogP contribution in [0.3, 0.4) is 0 Å². The predicted molar refractivity (Wildman–Crippen MR) is 132 cm³/mol. The molecule has 0 saturated heterocycles. The van der Waals surface area contributed by atoms with Gasteiger partial charge in [-0.3, -0.25) is 0 Å². The Morgan fingerprint density at radius 1 is 0.367 bits per heavy atom. The molecule has 0 bridgehead atoms. The molecular weight excluding hydrogens is 419 g/mol. The minimum absolute atomic E-state index is 0. The zero-order valence-electron chi connectivity index (χ0n) is 21.6. The maximum Gasteiger partial charge on any atom is 3.00 e. The van der Waals surface area contributed by atoms with Gasteiger partial charge < -0.3 is 35.7 Å². The SMILES string of the molecule is CC(C)O.CC(C)O.CC(C)O.CC(C)O.CC(C)[O-].CC(C)[O-].CC(C)[O-].[Al+3].[SiH4]. The van der Waals surface area contributed by atoms with Gasteiger partial charge in [0.05, 0.1) is 0 Å². The second-order valence-corrected chi connectivity index (χ2v) is 7.52. The summed E-state index contributed by atoms with van der Waals surface area (Å²) in [4.78, 5) is 0. The molecule has 7 nitrogen and oxygen atoms in total. The van der Waals surface area contributed by atoms with Crippen molar-refractivity contribution in [1.82, 2.24) is 0 Å². The summed E-state index contributed by atoms with van der Waals surface area (Å²) in [7, 11) is 0. The number of aliphatic hydroxyl groups is 4. The van der Waals surface area contributed by atoms with E-state index in [4.69, 9.17) is 20.4 Å². The average Bonchev–Trinajstić information content (AvgIpc) is 2.20. The average molecular weight is 477 g/mol. The Hall–Kier alpha value is 0.469. The van der Waals surface area contributed by atoms with Crippen molar-refractivity contribution in [3.05, 3.63) is 0 Å². The van der Waals surface area contributed by atoms with E-state index in [1.807, 2.05) is 0 Å². The molecule has 0 aliphatic carbocycles. The van der Waals surface area contributed by atoms with Gasteiger partial charge >= 0.3 is 17.4 Å². The second kappa shape index (κ2) is 51.8. The first-order valence-electron chi connectivity index (χ1n) is 9.82. The predicted octanol–water partition coefficient (Wildman–Crippen LogP) is -1.02. The van der Waals surface area contributed by atoms with Crippen LogP contribution in [-0.2, 0) is 0 Å². The summed E-state index contributed by atoms with van der Waals surface area (Å²) in [6.45, 7) is 23.4. The maximum atomic E-state index is 9.53. The Morgan fingerprint density at radius 3 is 0.367 bits per heavy atom. The minimum atomic E-state index is -0.417. The Labute approximate surface area is 203 Å². The molecule has 0 radical (unpaired) electrons. The van der Waals surface area contributed by atoms with E-state index >= 15 is 0 Å². The van der Waals surface area contributed by atoms with Crippen LogP contribution in [0, 0.1) is 0 Å². The summed E-state index contributed by atoms with van der Waals surface area (Å²) in [5.74, 6) is 0. The van der Waals surface area contributed by atoms with Gasteiger partial charge in [0.25, 0.3) is 0 Å². The molecule has 0 saturated carbocycles. The van der Waals surface area contributed by atoms with Crippen molar-refractivity contribution in [1.29, 1.82) is 0 Å². The zero-order valence-corrected chi connectivity index (χ0v) is 22.8. The molecule has 190 valence electrons. The van der Waals surface area contributed by atoms with Crippen LogP contribution in [0.4, 0.5) is 0 Å². The van der Waals surface area contributed by atoms with Crippen molar-refractivity contribution >= 4 is 28.3 Å². The van der Waals surface area contributed by atoms with Crippen molar-refractivity contribution < 1.29 is 35.7 Å². The summed E-state index contributed by atoms with van der Waals surface area (Å²) in [6, 6.07) is 0. The van der Waals surface area contributed by atoms with Crippen LogP contribution in [0.25, 0.3) is 0 Å². The van der Waals surface area contributed by atoms with Gasteiger partial charge in [0, 0.05) is 24.4 Å². The molecule has 0 atom stereocenters. The quantitative estimate of drug-likeness (QED) is 0.327. The van der Waals surface area contributed by atoms with Crippen molar-refractivity contribution in [2.75, 3.05) is 0 Å². The van der Waals surface area contributed by atoms with E-state index in [0.717, 1.165) is 0 Å². The monoisotopic (exact) mass is 476 g/mol. The van der Waals surface area contributed by atoms with Gasteiger partial charge in [0.2, 0.25) is 0 Å². The molecule has 0 unspecified atom stereocenters. The van der Waals surface area contributed by atoms with Gasteiger partial charge in [-0.1, -0.05) is 41.5 Å². The first-order chi connectivity index (χ1) is 12.1. The largest absolute Gasteiger partial charge is 3.00 e. The summed E-state index contributed by atoms with van der Waals surface area (Å²) >= 11 is 0. The molecule has 4 N–H and O–H groups in total. The molecule has 0 heterocycles. The van der Waals surface area contributed by atoms with Crippen LogP contribution in [0.2, 0.25) is 0 Å². The Morgan fingerprint density at radius 2 is 0.367 bits per heavy atom. The standard InChI is InChI=1S/4C3H8O.3C3H7O.Al.H4Si/c7*1-3(2)4;;/h4*3-4H,1-2H3;3*3H,1-2H3;;1H4/q;;;;3*-1;+3;. The molecule has 0 aromatic rings. The van der Waals surface area contributed by atoms with Gasteiger partial charge in [-0.2, -0.15) is 0 Å². The fourth-order valence-electron chi connectivity index (χ4n) is 0. The first kappa shape index (κ1) is 57.4. The van der Waals surface area contributed by atoms with E-state index in [-0.39, 0.29) is 52.7 Å². The normalized spacial score (nSPS) is 8.40. The van der Waals surface area contributed by atoms with Crippen LogP contribution in [0.1, 0.15) is 96.9 Å². The molecular formula is C21H57AlO7Si. The van der Waals surface area contributed by atoms with Gasteiger partial charge in [-0.15, -0.1) is 18.3 Å². The minimum Gasteiger partial charge on any atom is -0.852 e. The van der Waals surface area contributed by atoms with Crippen LogP contribution in [0.5, 0.6) is 0 Å². The molecule has 0 aromatic heterocycles. The summed E-state index contributed by atoms with van der Waals surface area (Å²) in [6.07, 6.45) is -1.92. The summed E-state index contributed by atoms with van der Waals surface area (Å²) in [5.41, 5.74) is 0. The molecule has 0 aromatic carbocycles. The van der Waals surface area contributed by atoms with Crippen LogP contribution >= 0.6 is 0 Å². The van der Waals surface area contributed by atoms with Crippen LogP contribution in [0.15, 0.2) is 0 Å². The Kier molecular flexibility index (Phi) is 99.2. The third-order valence-electron chi connectivity index (χ3n) is 0. The zero-order chi connectivity index (χ0) is 25.0. The third-order valence-corrected chi connectivity index (χ3v) is 0. The first-order valence-corrected chi connectivity index (χ1v) is 9.82. The molecule has 0 spiro atoms. The van der Waals surface area contributed by atoms with E-state index in [0.29, 0.717) is 0 Å². The fraction of sp³-hybridized carbons (Fsp3) is 1.00. The van der Waals surface area contributed by atoms with Gasteiger partial charge in [-0.25, -0.2) is 0 Å². The van der Waals surface area contributed by atoms with E-state index in [2.05, 4.69) is 0 Å². The molecule has 0 aliphatic heterocycles. The third kappa shape index (κ3) is 97500. The van der Waals surface area contributed by atoms with E-state index < -0.39 is 18.3 Å². The Balaban J connectivity index is -0.0000000242. The molecule has 0 rings (SSSR count). The van der Waals surface area contributed by atoms with Gasteiger partial charge in [-0.05, 0) is 66.4 Å². The van der Waals surface area contributed by atoms with E-state index in [9.17, 15) is 15.3 Å². The molecule has 0 fully saturated rings. The molecule has 9 heteroatoms. The number of hydrogen-bond donors (Lipinski definition) is 4. The van der Waals surface area contributed by atoms with Gasteiger partial charge in [0.15, 0.2) is 0 Å². The number of hydrogen-bond acceptors (Lipinski definition) is 7. The van der Waals surface area contributed by atoms with E-state index in [1.165, 1.54) is 0 Å². The van der Waals surface area contributed by atoms with Crippen molar-refractivity contribution in [3.8, 4) is 0 Å². The Bertz CT molecular complexity index is 128. The van der Waals surface area contributed by atoms with Crippen LogP contribution in [-0.4, -0.2) is 91.5 Å². The smallest absolute Gasteiger partial charge is 0.852 e. The van der Waals surface area contributed by atoms with Crippen molar-refractivity contribution in [3.63, 3.8) is 0 Å². The number of rotatable bonds is 0. The van der Waals surface area contributed by atoms with Crippen molar-refractivity contribution in [2.45, 2.75) is 140 Å². The van der Waals surface area contributed by atoms with Crippen LogP contribution < -0.4 is 15.3 Å². The van der Waals surface area contributed by atoms with Crippen molar-refractivity contribution in [2.24, 2.45) is 0 Å². The van der Waals surface area contributed by atoms with Gasteiger partial charge in [0.1, 0.15) is 0 Å². The number of aliphatic hydroxyl groups excluding tert-OH is 4. The maximum absolute atomic E-state index is 9.53. The fourth-order valence-corrected chi connectivity index (χ4v) is 0. The second-order valence-electron chi connectivity index (χ2n) is 7.52.